The minimum absolute atomic E-state index is 0.0392. The van der Waals surface area contributed by atoms with Crippen molar-refractivity contribution in [3.63, 3.8) is 0 Å². The number of benzene rings is 1. The van der Waals surface area contributed by atoms with Crippen molar-refractivity contribution in [2.75, 3.05) is 34.4 Å². The largest absolute Gasteiger partial charge is 0.496 e. The van der Waals surface area contributed by atoms with E-state index in [9.17, 15) is 4.79 Å². The molecule has 1 aromatic carbocycles. The summed E-state index contributed by atoms with van der Waals surface area (Å²) in [6.07, 6.45) is 0. The Hall–Kier alpha value is -2.03. The van der Waals surface area contributed by atoms with Crippen LogP contribution in [0.25, 0.3) is 0 Å². The fraction of sp³-hybridized carbons (Fsp3) is 0.400. The van der Waals surface area contributed by atoms with Crippen LogP contribution in [0.2, 0.25) is 0 Å². The molecule has 0 heterocycles. The van der Waals surface area contributed by atoms with Gasteiger partial charge in [0.2, 0.25) is 5.91 Å². The Bertz CT molecular complexity index is 518. The lowest BCUT2D eigenvalue weighted by Crippen LogP contribution is -2.32. The molecule has 108 valence electrons. The molecule has 0 fully saturated rings. The van der Waals surface area contributed by atoms with Crippen LogP contribution in [-0.4, -0.2) is 50.3 Å². The highest BCUT2D eigenvalue weighted by Crippen LogP contribution is 2.20. The molecule has 1 aromatic rings. The maximum absolute atomic E-state index is 11.3. The maximum atomic E-state index is 11.3. The molecule has 5 nitrogen and oxygen atoms in total. The number of aliphatic hydroxyl groups excluding tert-OH is 1. The van der Waals surface area contributed by atoms with E-state index >= 15 is 0 Å². The fourth-order valence-electron chi connectivity index (χ4n) is 1.79. The van der Waals surface area contributed by atoms with E-state index in [1.165, 1.54) is 0 Å². The number of nitrogens with one attached hydrogen (secondary N) is 1. The van der Waals surface area contributed by atoms with E-state index in [1.807, 2.05) is 30.1 Å². The molecule has 0 unspecified atom stereocenters. The Morgan fingerprint density at radius 1 is 1.50 bits per heavy atom. The summed E-state index contributed by atoms with van der Waals surface area (Å²) >= 11 is 0. The van der Waals surface area contributed by atoms with Gasteiger partial charge < -0.3 is 15.2 Å². The third kappa shape index (κ3) is 4.92. The zero-order valence-corrected chi connectivity index (χ0v) is 12.1. The van der Waals surface area contributed by atoms with Crippen LogP contribution in [-0.2, 0) is 11.3 Å². The molecular weight excluding hydrogens is 256 g/mol. The zero-order valence-electron chi connectivity index (χ0n) is 12.1. The number of hydrogen-bond donors (Lipinski definition) is 2. The quantitative estimate of drug-likeness (QED) is 0.755. The Morgan fingerprint density at radius 2 is 2.25 bits per heavy atom. The zero-order chi connectivity index (χ0) is 15.0. The van der Waals surface area contributed by atoms with Gasteiger partial charge >= 0.3 is 0 Å². The molecular formula is C15H20N2O3. The Morgan fingerprint density at radius 3 is 2.85 bits per heavy atom. The average Bonchev–Trinajstić information content (AvgIpc) is 2.45. The topological polar surface area (TPSA) is 61.8 Å². The second-order valence-corrected chi connectivity index (χ2v) is 4.33. The van der Waals surface area contributed by atoms with Crippen molar-refractivity contribution < 1.29 is 14.6 Å². The predicted molar refractivity (Wildman–Crippen MR) is 77.4 cm³/mol. The number of carbonyl (C=O) groups excluding carboxylic acids is 1. The first-order valence-electron chi connectivity index (χ1n) is 6.26. The molecule has 0 aliphatic rings. The second-order valence-electron chi connectivity index (χ2n) is 4.33. The second kappa shape index (κ2) is 8.20. The molecule has 0 bridgehead atoms. The Kier molecular flexibility index (Phi) is 6.57. The molecule has 5 heteroatoms. The van der Waals surface area contributed by atoms with Gasteiger partial charge in [-0.3, -0.25) is 9.69 Å². The highest BCUT2D eigenvalue weighted by Gasteiger charge is 2.09. The van der Waals surface area contributed by atoms with Crippen molar-refractivity contribution in [1.82, 2.24) is 10.2 Å². The average molecular weight is 276 g/mol. The van der Waals surface area contributed by atoms with Gasteiger partial charge in [-0.1, -0.05) is 11.8 Å². The van der Waals surface area contributed by atoms with Gasteiger partial charge in [-0.15, -0.1) is 0 Å². The van der Waals surface area contributed by atoms with Crippen LogP contribution in [0, 0.1) is 11.8 Å². The lowest BCUT2D eigenvalue weighted by molar-refractivity contribution is -0.121. The van der Waals surface area contributed by atoms with E-state index in [0.717, 1.165) is 16.9 Å². The molecule has 0 saturated heterocycles. The van der Waals surface area contributed by atoms with Crippen molar-refractivity contribution in [2.45, 2.75) is 6.54 Å². The standard InChI is InChI=1S/C15H20N2O3/c1-16-15(19)11-17(2)10-13-9-12(5-4-8-18)6-7-14(13)20-3/h6-7,9,18H,8,10-11H2,1-3H3,(H,16,19). The number of carbonyl (C=O) groups is 1. The van der Waals surface area contributed by atoms with Crippen LogP contribution in [0.15, 0.2) is 18.2 Å². The first-order valence-corrected chi connectivity index (χ1v) is 6.26. The smallest absolute Gasteiger partial charge is 0.233 e. The first kappa shape index (κ1) is 16.0. The highest BCUT2D eigenvalue weighted by molar-refractivity contribution is 5.77. The molecule has 0 atom stereocenters. The fourth-order valence-corrected chi connectivity index (χ4v) is 1.79. The Balaban J connectivity index is 2.87. The van der Waals surface area contributed by atoms with Crippen LogP contribution in [0.5, 0.6) is 5.75 Å². The molecule has 0 aliphatic heterocycles. The molecule has 1 rings (SSSR count). The minimum Gasteiger partial charge on any atom is -0.496 e. The lowest BCUT2D eigenvalue weighted by atomic mass is 10.1. The molecule has 1 amide bonds. The minimum atomic E-state index is -0.169. The molecule has 0 radical (unpaired) electrons. The summed E-state index contributed by atoms with van der Waals surface area (Å²) in [5, 5.41) is 11.3. The summed E-state index contributed by atoms with van der Waals surface area (Å²) < 4.78 is 5.31. The summed E-state index contributed by atoms with van der Waals surface area (Å²) in [6, 6.07) is 5.58. The summed E-state index contributed by atoms with van der Waals surface area (Å²) in [7, 11) is 5.08. The van der Waals surface area contributed by atoms with E-state index in [4.69, 9.17) is 9.84 Å². The van der Waals surface area contributed by atoms with E-state index in [-0.39, 0.29) is 12.5 Å². The number of methoxy groups -OCH3 is 1. The van der Waals surface area contributed by atoms with Crippen molar-refractivity contribution in [1.29, 1.82) is 0 Å². The normalized spacial score (nSPS) is 9.85. The van der Waals surface area contributed by atoms with Gasteiger partial charge in [0.15, 0.2) is 0 Å². The van der Waals surface area contributed by atoms with E-state index in [2.05, 4.69) is 17.2 Å². The molecule has 0 saturated carbocycles. The lowest BCUT2D eigenvalue weighted by Gasteiger charge is -2.17. The van der Waals surface area contributed by atoms with Crippen molar-refractivity contribution >= 4 is 5.91 Å². The van der Waals surface area contributed by atoms with Gasteiger partial charge in [-0.2, -0.15) is 0 Å². The maximum Gasteiger partial charge on any atom is 0.233 e. The first-order chi connectivity index (χ1) is 9.60. The third-order valence-corrected chi connectivity index (χ3v) is 2.72. The SMILES string of the molecule is CNC(=O)CN(C)Cc1cc(C#CCO)ccc1OC. The number of nitrogens with zero attached hydrogens (tertiary/aromatic N) is 1. The number of hydrogen-bond acceptors (Lipinski definition) is 4. The number of rotatable bonds is 5. The van der Waals surface area contributed by atoms with E-state index in [0.29, 0.717) is 13.1 Å². The van der Waals surface area contributed by atoms with E-state index < -0.39 is 0 Å². The van der Waals surface area contributed by atoms with Gasteiger partial charge in [0, 0.05) is 24.7 Å². The van der Waals surface area contributed by atoms with Gasteiger partial charge in [-0.05, 0) is 25.2 Å². The number of likely N-dealkylation sites (N-methyl/N-ethyl adjacent to an activating group) is 2. The molecule has 0 spiro atoms. The van der Waals surface area contributed by atoms with Crippen molar-refractivity contribution in [2.24, 2.45) is 0 Å². The summed E-state index contributed by atoms with van der Waals surface area (Å²) in [5.74, 6) is 6.18. The highest BCUT2D eigenvalue weighted by atomic mass is 16.5. The molecule has 2 N–H and O–H groups in total. The summed E-state index contributed by atoms with van der Waals surface area (Å²) in [4.78, 5) is 13.2. The van der Waals surface area contributed by atoms with Crippen molar-refractivity contribution in [3.8, 4) is 17.6 Å². The van der Waals surface area contributed by atoms with Crippen LogP contribution >= 0.6 is 0 Å². The van der Waals surface area contributed by atoms with Gasteiger partial charge in [0.1, 0.15) is 12.4 Å². The monoisotopic (exact) mass is 276 g/mol. The third-order valence-electron chi connectivity index (χ3n) is 2.72. The number of aliphatic hydroxyl groups is 1. The van der Waals surface area contributed by atoms with Crippen molar-refractivity contribution in [3.05, 3.63) is 29.3 Å². The summed E-state index contributed by atoms with van der Waals surface area (Å²) in [6.45, 7) is 0.718. The van der Waals surface area contributed by atoms with Gasteiger partial charge in [0.25, 0.3) is 0 Å². The Labute approximate surface area is 119 Å². The van der Waals surface area contributed by atoms with Gasteiger partial charge in [-0.25, -0.2) is 0 Å². The van der Waals surface area contributed by atoms with Crippen LogP contribution < -0.4 is 10.1 Å². The molecule has 20 heavy (non-hydrogen) atoms. The number of amides is 1. The number of ether oxygens (including phenoxy) is 1. The summed E-state index contributed by atoms with van der Waals surface area (Å²) in [5.41, 5.74) is 1.76. The van der Waals surface area contributed by atoms with Gasteiger partial charge in [0.05, 0.1) is 13.7 Å². The molecule has 0 aliphatic carbocycles. The molecule has 0 aromatic heterocycles. The van der Waals surface area contributed by atoms with E-state index in [1.54, 1.807) is 14.2 Å². The predicted octanol–water partition coefficient (Wildman–Crippen LogP) is 0.217. The van der Waals surface area contributed by atoms with Crippen LogP contribution in [0.3, 0.4) is 0 Å². The van der Waals surface area contributed by atoms with Crippen LogP contribution in [0.1, 0.15) is 11.1 Å². The van der Waals surface area contributed by atoms with Crippen LogP contribution in [0.4, 0.5) is 0 Å².